The average molecular weight is 220 g/mol. The zero-order valence-electron chi connectivity index (χ0n) is 9.89. The van der Waals surface area contributed by atoms with Gasteiger partial charge in [0.25, 0.3) is 0 Å². The first-order chi connectivity index (χ1) is 7.83. The second-order valence-corrected chi connectivity index (χ2v) is 5.17. The number of imidazole rings is 1. The van der Waals surface area contributed by atoms with Crippen LogP contribution in [-0.4, -0.2) is 40.6 Å². The van der Waals surface area contributed by atoms with Crippen molar-refractivity contribution in [3.8, 4) is 0 Å². The van der Waals surface area contributed by atoms with Gasteiger partial charge in [-0.3, -0.25) is 4.90 Å². The molecule has 3 rings (SSSR count). The topological polar surface area (TPSA) is 33.1 Å². The summed E-state index contributed by atoms with van der Waals surface area (Å²) < 4.78 is 2.27. The van der Waals surface area contributed by atoms with Gasteiger partial charge >= 0.3 is 0 Å². The van der Waals surface area contributed by atoms with Crippen molar-refractivity contribution < 1.29 is 0 Å². The van der Waals surface area contributed by atoms with E-state index in [0.717, 1.165) is 24.9 Å². The summed E-state index contributed by atoms with van der Waals surface area (Å²) in [6.07, 6.45) is 4.00. The lowest BCUT2D eigenvalue weighted by atomic mass is 9.88. The van der Waals surface area contributed by atoms with Crippen molar-refractivity contribution in [2.24, 2.45) is 11.8 Å². The van der Waals surface area contributed by atoms with Crippen LogP contribution in [0.15, 0.2) is 12.4 Å². The Kier molecular flexibility index (Phi) is 2.69. The van der Waals surface area contributed by atoms with E-state index >= 15 is 0 Å². The molecule has 1 fully saturated rings. The first-order valence-electron chi connectivity index (χ1n) is 6.26. The van der Waals surface area contributed by atoms with E-state index in [1.54, 1.807) is 0 Å². The third-order valence-corrected chi connectivity index (χ3v) is 3.99. The van der Waals surface area contributed by atoms with Crippen molar-refractivity contribution in [3.05, 3.63) is 18.2 Å². The fourth-order valence-corrected chi connectivity index (χ4v) is 2.65. The van der Waals surface area contributed by atoms with Gasteiger partial charge in [-0.1, -0.05) is 6.92 Å². The van der Waals surface area contributed by atoms with Crippen LogP contribution in [0.4, 0.5) is 0 Å². The van der Waals surface area contributed by atoms with Crippen LogP contribution in [-0.2, 0) is 13.1 Å². The van der Waals surface area contributed by atoms with Crippen molar-refractivity contribution in [2.45, 2.75) is 20.0 Å². The van der Waals surface area contributed by atoms with Crippen molar-refractivity contribution in [1.29, 1.82) is 0 Å². The molecule has 1 saturated heterocycles. The average Bonchev–Trinajstić information content (AvgIpc) is 2.61. The number of rotatable bonds is 3. The lowest BCUT2D eigenvalue weighted by Crippen LogP contribution is -2.49. The third-order valence-electron chi connectivity index (χ3n) is 3.99. The van der Waals surface area contributed by atoms with E-state index in [2.05, 4.69) is 32.9 Å². The molecule has 2 aliphatic heterocycles. The number of nitrogens with zero attached hydrogens (tertiary/aromatic N) is 3. The van der Waals surface area contributed by atoms with Gasteiger partial charge in [0, 0.05) is 32.0 Å². The molecule has 0 aliphatic carbocycles. The van der Waals surface area contributed by atoms with E-state index in [1.165, 1.54) is 32.0 Å². The van der Waals surface area contributed by atoms with Crippen molar-refractivity contribution >= 4 is 0 Å². The molecule has 0 aromatic carbocycles. The SMILES string of the molecule is CC(CN1CCn2ccnc2C1)C1CNC1. The van der Waals surface area contributed by atoms with Gasteiger partial charge in [-0.25, -0.2) is 4.98 Å². The monoisotopic (exact) mass is 220 g/mol. The number of aromatic nitrogens is 2. The highest BCUT2D eigenvalue weighted by atomic mass is 15.2. The molecule has 0 radical (unpaired) electrons. The Morgan fingerprint density at radius 2 is 2.38 bits per heavy atom. The second-order valence-electron chi connectivity index (χ2n) is 5.17. The third kappa shape index (κ3) is 1.87. The summed E-state index contributed by atoms with van der Waals surface area (Å²) in [7, 11) is 0. The molecule has 2 aliphatic rings. The Morgan fingerprint density at radius 1 is 1.50 bits per heavy atom. The Hall–Kier alpha value is -0.870. The van der Waals surface area contributed by atoms with Gasteiger partial charge in [-0.2, -0.15) is 0 Å². The molecule has 0 amide bonds. The van der Waals surface area contributed by atoms with Crippen LogP contribution in [0.25, 0.3) is 0 Å². The predicted octanol–water partition coefficient (Wildman–Crippen LogP) is 0.554. The van der Waals surface area contributed by atoms with Crippen molar-refractivity contribution in [1.82, 2.24) is 19.8 Å². The minimum absolute atomic E-state index is 0.808. The molecule has 1 aromatic rings. The highest BCUT2D eigenvalue weighted by Gasteiger charge is 2.26. The maximum absolute atomic E-state index is 4.40. The summed E-state index contributed by atoms with van der Waals surface area (Å²) in [6.45, 7) is 9.33. The van der Waals surface area contributed by atoms with Crippen LogP contribution in [0, 0.1) is 11.8 Å². The van der Waals surface area contributed by atoms with Crippen LogP contribution in [0.2, 0.25) is 0 Å². The summed E-state index contributed by atoms with van der Waals surface area (Å²) in [4.78, 5) is 6.95. The number of nitrogens with one attached hydrogen (secondary N) is 1. The van der Waals surface area contributed by atoms with Crippen LogP contribution in [0.3, 0.4) is 0 Å². The van der Waals surface area contributed by atoms with E-state index in [9.17, 15) is 0 Å². The largest absolute Gasteiger partial charge is 0.333 e. The van der Waals surface area contributed by atoms with Crippen LogP contribution in [0.1, 0.15) is 12.7 Å². The van der Waals surface area contributed by atoms with E-state index in [1.807, 2.05) is 6.20 Å². The first kappa shape index (κ1) is 10.3. The van der Waals surface area contributed by atoms with Gasteiger partial charge in [0.1, 0.15) is 5.82 Å². The van der Waals surface area contributed by atoms with Crippen molar-refractivity contribution in [2.75, 3.05) is 26.2 Å². The number of hydrogen-bond acceptors (Lipinski definition) is 3. The maximum Gasteiger partial charge on any atom is 0.122 e. The molecule has 16 heavy (non-hydrogen) atoms. The predicted molar refractivity (Wildman–Crippen MR) is 63.0 cm³/mol. The normalized spacial score (nSPS) is 23.8. The fraction of sp³-hybridized carbons (Fsp3) is 0.750. The highest BCUT2D eigenvalue weighted by Crippen LogP contribution is 2.19. The first-order valence-corrected chi connectivity index (χ1v) is 6.26. The zero-order valence-corrected chi connectivity index (χ0v) is 9.89. The second kappa shape index (κ2) is 4.18. The minimum atomic E-state index is 0.808. The zero-order chi connectivity index (χ0) is 11.0. The van der Waals surface area contributed by atoms with Crippen LogP contribution >= 0.6 is 0 Å². The highest BCUT2D eigenvalue weighted by molar-refractivity contribution is 4.96. The lowest BCUT2D eigenvalue weighted by molar-refractivity contribution is 0.141. The fourth-order valence-electron chi connectivity index (χ4n) is 2.65. The Balaban J connectivity index is 1.57. The molecule has 1 unspecified atom stereocenters. The van der Waals surface area contributed by atoms with Gasteiger partial charge in [0.15, 0.2) is 0 Å². The molecule has 1 aromatic heterocycles. The van der Waals surface area contributed by atoms with Gasteiger partial charge in [-0.15, -0.1) is 0 Å². The molecule has 3 heterocycles. The van der Waals surface area contributed by atoms with E-state index in [-0.39, 0.29) is 0 Å². The van der Waals surface area contributed by atoms with Crippen molar-refractivity contribution in [3.63, 3.8) is 0 Å². The quantitative estimate of drug-likeness (QED) is 0.808. The number of hydrogen-bond donors (Lipinski definition) is 1. The Labute approximate surface area is 96.7 Å². The molecule has 0 saturated carbocycles. The van der Waals surface area contributed by atoms with Gasteiger partial charge < -0.3 is 9.88 Å². The Morgan fingerprint density at radius 3 is 3.12 bits per heavy atom. The summed E-state index contributed by atoms with van der Waals surface area (Å²) in [6, 6.07) is 0. The smallest absolute Gasteiger partial charge is 0.122 e. The molecular formula is C12H20N4. The minimum Gasteiger partial charge on any atom is -0.333 e. The molecule has 1 atom stereocenters. The van der Waals surface area contributed by atoms with Crippen LogP contribution < -0.4 is 5.32 Å². The molecule has 1 N–H and O–H groups in total. The molecule has 88 valence electrons. The summed E-state index contributed by atoms with van der Waals surface area (Å²) in [5.41, 5.74) is 0. The summed E-state index contributed by atoms with van der Waals surface area (Å²) in [5, 5.41) is 3.36. The molecule has 4 heteroatoms. The van der Waals surface area contributed by atoms with E-state index < -0.39 is 0 Å². The number of fused-ring (bicyclic) bond motifs is 1. The summed E-state index contributed by atoms with van der Waals surface area (Å²) in [5.74, 6) is 2.93. The Bertz CT molecular complexity index is 356. The molecular weight excluding hydrogens is 200 g/mol. The van der Waals surface area contributed by atoms with E-state index in [4.69, 9.17) is 0 Å². The standard InChI is InChI=1S/C12H20N4/c1-10(11-6-13-7-11)8-15-4-5-16-3-2-14-12(16)9-15/h2-3,10-11,13H,4-9H2,1H3. The maximum atomic E-state index is 4.40. The molecule has 0 bridgehead atoms. The van der Waals surface area contributed by atoms with Gasteiger partial charge in [-0.05, 0) is 24.9 Å². The molecule has 4 nitrogen and oxygen atoms in total. The lowest BCUT2D eigenvalue weighted by Gasteiger charge is -2.37. The summed E-state index contributed by atoms with van der Waals surface area (Å²) >= 11 is 0. The van der Waals surface area contributed by atoms with Crippen LogP contribution in [0.5, 0.6) is 0 Å². The van der Waals surface area contributed by atoms with Gasteiger partial charge in [0.05, 0.1) is 6.54 Å². The van der Waals surface area contributed by atoms with Gasteiger partial charge in [0.2, 0.25) is 0 Å². The molecule has 0 spiro atoms. The van der Waals surface area contributed by atoms with E-state index in [0.29, 0.717) is 0 Å².